The highest BCUT2D eigenvalue weighted by Crippen LogP contribution is 2.22. The van der Waals surface area contributed by atoms with Gasteiger partial charge in [0.2, 0.25) is 5.88 Å². The number of aromatic hydroxyl groups is 1. The second-order valence-electron chi connectivity index (χ2n) is 5.16. The fourth-order valence-corrected chi connectivity index (χ4v) is 3.18. The van der Waals surface area contributed by atoms with Crippen LogP contribution in [0.4, 0.5) is 0 Å². The molecule has 0 unspecified atom stereocenters. The van der Waals surface area contributed by atoms with Crippen LogP contribution in [0.15, 0.2) is 9.95 Å². The summed E-state index contributed by atoms with van der Waals surface area (Å²) in [5.74, 6) is 0.714. The Morgan fingerprint density at radius 2 is 2.11 bits per heavy atom. The molecule has 2 N–H and O–H groups in total. The molecule has 1 fully saturated rings. The SMILES string of the molecule is CC(C)c1c(O)nc(SCCN2CCCC2)[nH]c1=O. The summed E-state index contributed by atoms with van der Waals surface area (Å²) < 4.78 is 0. The van der Waals surface area contributed by atoms with Gasteiger partial charge in [-0.25, -0.2) is 0 Å². The van der Waals surface area contributed by atoms with E-state index in [-0.39, 0.29) is 17.4 Å². The molecular formula is C13H21N3O2S. The van der Waals surface area contributed by atoms with Crippen molar-refractivity contribution in [2.75, 3.05) is 25.4 Å². The standard InChI is InChI=1S/C13H21N3O2S/c1-9(2)10-11(17)14-13(15-12(10)18)19-8-7-16-5-3-4-6-16/h9H,3-8H2,1-2H3,(H2,14,15,17,18). The number of H-pyrrole nitrogens is 1. The van der Waals surface area contributed by atoms with Gasteiger partial charge in [-0.3, -0.25) is 4.79 Å². The molecule has 106 valence electrons. The largest absolute Gasteiger partial charge is 0.493 e. The summed E-state index contributed by atoms with van der Waals surface area (Å²) in [5.41, 5.74) is 0.134. The van der Waals surface area contributed by atoms with Crippen LogP contribution in [0.3, 0.4) is 0 Å². The Morgan fingerprint density at radius 3 is 2.68 bits per heavy atom. The maximum atomic E-state index is 11.8. The van der Waals surface area contributed by atoms with E-state index in [0.29, 0.717) is 10.7 Å². The van der Waals surface area contributed by atoms with Gasteiger partial charge in [0.25, 0.3) is 5.56 Å². The van der Waals surface area contributed by atoms with E-state index >= 15 is 0 Å². The fourth-order valence-electron chi connectivity index (χ4n) is 2.32. The van der Waals surface area contributed by atoms with Crippen molar-refractivity contribution >= 4 is 11.8 Å². The molecule has 0 amide bonds. The Hall–Kier alpha value is -1.01. The number of thioether (sulfide) groups is 1. The van der Waals surface area contributed by atoms with Crippen molar-refractivity contribution in [3.8, 4) is 5.88 Å². The van der Waals surface area contributed by atoms with Crippen LogP contribution in [-0.4, -0.2) is 45.4 Å². The average molecular weight is 283 g/mol. The van der Waals surface area contributed by atoms with Gasteiger partial charge in [0.1, 0.15) is 0 Å². The smallest absolute Gasteiger partial charge is 0.258 e. The Labute approximate surface area is 117 Å². The molecule has 0 spiro atoms. The fraction of sp³-hybridized carbons (Fsp3) is 0.692. The van der Waals surface area contributed by atoms with E-state index in [0.717, 1.165) is 12.3 Å². The van der Waals surface area contributed by atoms with Gasteiger partial charge in [0, 0.05) is 12.3 Å². The summed E-state index contributed by atoms with van der Waals surface area (Å²) in [7, 11) is 0. The van der Waals surface area contributed by atoms with Gasteiger partial charge in [-0.2, -0.15) is 4.98 Å². The van der Waals surface area contributed by atoms with E-state index in [4.69, 9.17) is 0 Å². The number of rotatable bonds is 5. The highest BCUT2D eigenvalue weighted by atomic mass is 32.2. The first-order valence-corrected chi connectivity index (χ1v) is 7.75. The van der Waals surface area contributed by atoms with Gasteiger partial charge in [-0.1, -0.05) is 25.6 Å². The number of nitrogens with one attached hydrogen (secondary N) is 1. The molecule has 0 atom stereocenters. The predicted octanol–water partition coefficient (Wildman–Crippen LogP) is 1.79. The molecule has 2 heterocycles. The lowest BCUT2D eigenvalue weighted by Gasteiger charge is -2.13. The van der Waals surface area contributed by atoms with Crippen LogP contribution in [0.1, 0.15) is 38.2 Å². The highest BCUT2D eigenvalue weighted by molar-refractivity contribution is 7.99. The lowest BCUT2D eigenvalue weighted by atomic mass is 10.1. The van der Waals surface area contributed by atoms with Crippen LogP contribution >= 0.6 is 11.8 Å². The third-order valence-corrected chi connectivity index (χ3v) is 4.19. The third kappa shape index (κ3) is 3.73. The van der Waals surface area contributed by atoms with Crippen molar-refractivity contribution in [1.82, 2.24) is 14.9 Å². The summed E-state index contributed by atoms with van der Waals surface area (Å²) in [6.07, 6.45) is 2.56. The molecule has 0 aromatic carbocycles. The number of hydrogen-bond donors (Lipinski definition) is 2. The Balaban J connectivity index is 1.95. The monoisotopic (exact) mass is 283 g/mol. The number of likely N-dealkylation sites (tertiary alicyclic amines) is 1. The quantitative estimate of drug-likeness (QED) is 0.637. The van der Waals surface area contributed by atoms with Crippen molar-refractivity contribution in [1.29, 1.82) is 0 Å². The van der Waals surface area contributed by atoms with Crippen molar-refractivity contribution in [2.24, 2.45) is 0 Å². The first kappa shape index (κ1) is 14.4. The van der Waals surface area contributed by atoms with Crippen molar-refractivity contribution in [2.45, 2.75) is 37.8 Å². The van der Waals surface area contributed by atoms with Gasteiger partial charge in [0.05, 0.1) is 5.56 Å². The number of aromatic amines is 1. The van der Waals surface area contributed by atoms with Gasteiger partial charge in [-0.05, 0) is 31.8 Å². The molecule has 1 aromatic heterocycles. The minimum absolute atomic E-state index is 0.0279. The molecule has 0 aliphatic carbocycles. The maximum absolute atomic E-state index is 11.8. The Kier molecular flexibility index (Phi) is 4.87. The van der Waals surface area contributed by atoms with Crippen LogP contribution in [0, 0.1) is 0 Å². The van der Waals surface area contributed by atoms with Crippen molar-refractivity contribution in [3.05, 3.63) is 15.9 Å². The molecule has 6 heteroatoms. The van der Waals surface area contributed by atoms with E-state index in [1.54, 1.807) is 0 Å². The molecule has 1 aliphatic rings. The topological polar surface area (TPSA) is 69.2 Å². The van der Waals surface area contributed by atoms with E-state index in [1.165, 1.54) is 37.7 Å². The van der Waals surface area contributed by atoms with Crippen LogP contribution in [0.2, 0.25) is 0 Å². The molecule has 0 bridgehead atoms. The van der Waals surface area contributed by atoms with E-state index < -0.39 is 0 Å². The zero-order valence-corrected chi connectivity index (χ0v) is 12.3. The van der Waals surface area contributed by atoms with Crippen LogP contribution < -0.4 is 5.56 Å². The first-order valence-electron chi connectivity index (χ1n) is 6.76. The molecule has 2 rings (SSSR count). The van der Waals surface area contributed by atoms with Crippen molar-refractivity contribution < 1.29 is 5.11 Å². The van der Waals surface area contributed by atoms with Crippen LogP contribution in [-0.2, 0) is 0 Å². The number of nitrogens with zero attached hydrogens (tertiary/aromatic N) is 2. The molecule has 19 heavy (non-hydrogen) atoms. The van der Waals surface area contributed by atoms with Gasteiger partial charge in [-0.15, -0.1) is 0 Å². The predicted molar refractivity (Wildman–Crippen MR) is 77.0 cm³/mol. The lowest BCUT2D eigenvalue weighted by molar-refractivity contribution is 0.362. The highest BCUT2D eigenvalue weighted by Gasteiger charge is 2.15. The lowest BCUT2D eigenvalue weighted by Crippen LogP contribution is -2.22. The first-order chi connectivity index (χ1) is 9.08. The zero-order valence-electron chi connectivity index (χ0n) is 11.5. The number of hydrogen-bond acceptors (Lipinski definition) is 5. The summed E-state index contributed by atoms with van der Waals surface area (Å²) in [6, 6.07) is 0. The molecule has 1 saturated heterocycles. The molecule has 5 nitrogen and oxygen atoms in total. The van der Waals surface area contributed by atoms with Crippen LogP contribution in [0.25, 0.3) is 0 Å². The summed E-state index contributed by atoms with van der Waals surface area (Å²) in [4.78, 5) is 21.1. The van der Waals surface area contributed by atoms with Gasteiger partial charge in [0.15, 0.2) is 5.16 Å². The average Bonchev–Trinajstić information content (AvgIpc) is 2.80. The maximum Gasteiger partial charge on any atom is 0.258 e. The minimum atomic E-state index is -0.230. The molecule has 1 aromatic rings. The van der Waals surface area contributed by atoms with Gasteiger partial charge < -0.3 is 15.0 Å². The Morgan fingerprint density at radius 1 is 1.42 bits per heavy atom. The summed E-state index contributed by atoms with van der Waals surface area (Å²) in [6.45, 7) is 7.07. The second-order valence-corrected chi connectivity index (χ2v) is 6.24. The van der Waals surface area contributed by atoms with Crippen LogP contribution in [0.5, 0.6) is 5.88 Å². The Bertz CT molecular complexity index is 481. The molecule has 1 aliphatic heterocycles. The van der Waals surface area contributed by atoms with E-state index in [2.05, 4.69) is 14.9 Å². The molecule has 0 saturated carbocycles. The normalized spacial score (nSPS) is 16.4. The number of aromatic nitrogens is 2. The van der Waals surface area contributed by atoms with Crippen molar-refractivity contribution in [3.63, 3.8) is 0 Å². The van der Waals surface area contributed by atoms with Gasteiger partial charge >= 0.3 is 0 Å². The third-order valence-electron chi connectivity index (χ3n) is 3.34. The summed E-state index contributed by atoms with van der Waals surface area (Å²) in [5, 5.41) is 10.3. The second kappa shape index (κ2) is 6.43. The summed E-state index contributed by atoms with van der Waals surface area (Å²) >= 11 is 1.49. The molecular weight excluding hydrogens is 262 g/mol. The minimum Gasteiger partial charge on any atom is -0.493 e. The van der Waals surface area contributed by atoms with E-state index in [1.807, 2.05) is 13.8 Å². The molecule has 0 radical (unpaired) electrons. The van der Waals surface area contributed by atoms with E-state index in [9.17, 15) is 9.90 Å². The zero-order chi connectivity index (χ0) is 13.8.